The van der Waals surface area contributed by atoms with Crippen LogP contribution in [0.1, 0.15) is 26.3 Å². The predicted molar refractivity (Wildman–Crippen MR) is 92.0 cm³/mol. The summed E-state index contributed by atoms with van der Waals surface area (Å²) in [6.45, 7) is 6.35. The van der Waals surface area contributed by atoms with Gasteiger partial charge in [-0.25, -0.2) is 13.4 Å². The molecule has 3 aromatic rings. The molecule has 0 aliphatic rings. The predicted octanol–water partition coefficient (Wildman–Crippen LogP) is 3.66. The number of hydrogen-bond acceptors (Lipinski definition) is 3. The van der Waals surface area contributed by atoms with Crippen LogP contribution >= 0.6 is 0 Å². The number of H-pyrrole nitrogens is 1. The van der Waals surface area contributed by atoms with Crippen molar-refractivity contribution in [1.29, 1.82) is 0 Å². The number of hydrogen-bond donors (Lipinski definition) is 2. The van der Waals surface area contributed by atoms with Gasteiger partial charge in [-0.2, -0.15) is 0 Å². The minimum absolute atomic E-state index is 0.0308. The highest BCUT2D eigenvalue weighted by Gasteiger charge is 2.17. The Balaban J connectivity index is 1.88. The van der Waals surface area contributed by atoms with Crippen LogP contribution in [0.15, 0.2) is 53.7 Å². The first-order valence-electron chi connectivity index (χ1n) is 7.32. The van der Waals surface area contributed by atoms with Gasteiger partial charge in [0.25, 0.3) is 10.0 Å². The first-order chi connectivity index (χ1) is 10.8. The zero-order chi connectivity index (χ0) is 16.7. The molecule has 0 unspecified atom stereocenters. The van der Waals surface area contributed by atoms with Gasteiger partial charge in [-0.05, 0) is 41.3 Å². The molecule has 0 spiro atoms. The number of anilines is 1. The van der Waals surface area contributed by atoms with E-state index in [0.29, 0.717) is 11.2 Å². The second kappa shape index (κ2) is 5.38. The molecule has 2 N–H and O–H groups in total. The largest absolute Gasteiger partial charge is 0.345 e. The van der Waals surface area contributed by atoms with Crippen LogP contribution in [0.4, 0.5) is 5.69 Å². The molecule has 0 atom stereocenters. The fourth-order valence-electron chi connectivity index (χ4n) is 2.33. The fourth-order valence-corrected chi connectivity index (χ4v) is 3.42. The van der Waals surface area contributed by atoms with Crippen LogP contribution in [-0.4, -0.2) is 18.4 Å². The average Bonchev–Trinajstić information content (AvgIpc) is 2.93. The Labute approximate surface area is 135 Å². The summed E-state index contributed by atoms with van der Waals surface area (Å²) in [6, 6.07) is 12.3. The molecule has 120 valence electrons. The van der Waals surface area contributed by atoms with E-state index in [-0.39, 0.29) is 10.3 Å². The molecule has 0 saturated carbocycles. The molecular weight excluding hydrogens is 310 g/mol. The summed E-state index contributed by atoms with van der Waals surface area (Å²) in [6.07, 6.45) is 1.54. The van der Waals surface area contributed by atoms with Crippen LogP contribution in [0.2, 0.25) is 0 Å². The zero-order valence-electron chi connectivity index (χ0n) is 13.3. The zero-order valence-corrected chi connectivity index (χ0v) is 14.1. The standard InChI is InChI=1S/C17H19N3O2S/c1-17(2,3)12-4-6-13(7-5-12)20-23(21,22)14-8-9-15-16(10-14)19-11-18-15/h4-11,20H,1-3H3,(H,18,19). The van der Waals surface area contributed by atoms with E-state index in [0.717, 1.165) is 11.1 Å². The van der Waals surface area contributed by atoms with Crippen molar-refractivity contribution in [2.75, 3.05) is 4.72 Å². The Morgan fingerprint density at radius 1 is 1.04 bits per heavy atom. The van der Waals surface area contributed by atoms with Gasteiger partial charge in [0.1, 0.15) is 0 Å². The minimum atomic E-state index is -3.63. The maximum atomic E-state index is 12.5. The van der Waals surface area contributed by atoms with E-state index in [9.17, 15) is 8.42 Å². The first-order valence-corrected chi connectivity index (χ1v) is 8.80. The van der Waals surface area contributed by atoms with Crippen molar-refractivity contribution >= 4 is 26.7 Å². The molecule has 6 heteroatoms. The van der Waals surface area contributed by atoms with Gasteiger partial charge < -0.3 is 4.98 Å². The highest BCUT2D eigenvalue weighted by molar-refractivity contribution is 7.92. The number of aromatic amines is 1. The van der Waals surface area contributed by atoms with E-state index >= 15 is 0 Å². The number of imidazole rings is 1. The third kappa shape index (κ3) is 3.22. The van der Waals surface area contributed by atoms with Crippen molar-refractivity contribution in [1.82, 2.24) is 9.97 Å². The van der Waals surface area contributed by atoms with E-state index in [1.165, 1.54) is 0 Å². The van der Waals surface area contributed by atoms with E-state index < -0.39 is 10.0 Å². The number of aromatic nitrogens is 2. The monoisotopic (exact) mass is 329 g/mol. The van der Waals surface area contributed by atoms with Crippen LogP contribution in [0.5, 0.6) is 0 Å². The van der Waals surface area contributed by atoms with Gasteiger partial charge in [-0.3, -0.25) is 4.72 Å². The second-order valence-corrected chi connectivity index (χ2v) is 8.20. The molecule has 1 heterocycles. The molecule has 2 aromatic carbocycles. The smallest absolute Gasteiger partial charge is 0.261 e. The molecule has 0 fully saturated rings. The average molecular weight is 329 g/mol. The molecule has 3 rings (SSSR count). The number of sulfonamides is 1. The van der Waals surface area contributed by atoms with Crippen LogP contribution in [0.3, 0.4) is 0 Å². The molecule has 0 radical (unpaired) electrons. The maximum absolute atomic E-state index is 12.5. The van der Waals surface area contributed by atoms with E-state index in [1.807, 2.05) is 12.1 Å². The van der Waals surface area contributed by atoms with Gasteiger partial charge in [0.15, 0.2) is 0 Å². The Morgan fingerprint density at radius 3 is 2.39 bits per heavy atom. The van der Waals surface area contributed by atoms with Gasteiger partial charge >= 0.3 is 0 Å². The SMILES string of the molecule is CC(C)(C)c1ccc(NS(=O)(=O)c2ccc3nc[nH]c3c2)cc1. The number of nitrogens with zero attached hydrogens (tertiary/aromatic N) is 1. The highest BCUT2D eigenvalue weighted by Crippen LogP contribution is 2.25. The molecule has 0 aliphatic heterocycles. The molecule has 1 aromatic heterocycles. The van der Waals surface area contributed by atoms with Crippen LogP contribution in [0.25, 0.3) is 11.0 Å². The summed E-state index contributed by atoms with van der Waals surface area (Å²) < 4.78 is 27.6. The normalized spacial score (nSPS) is 12.5. The van der Waals surface area contributed by atoms with E-state index in [1.54, 1.807) is 36.7 Å². The summed E-state index contributed by atoms with van der Waals surface area (Å²) in [5.74, 6) is 0. The lowest BCUT2D eigenvalue weighted by Crippen LogP contribution is -2.14. The van der Waals surface area contributed by atoms with Crippen LogP contribution in [-0.2, 0) is 15.4 Å². The van der Waals surface area contributed by atoms with Crippen molar-refractivity contribution in [3.63, 3.8) is 0 Å². The second-order valence-electron chi connectivity index (χ2n) is 6.51. The summed E-state index contributed by atoms with van der Waals surface area (Å²) in [5.41, 5.74) is 3.15. The Morgan fingerprint density at radius 2 is 1.74 bits per heavy atom. The van der Waals surface area contributed by atoms with Crippen molar-refractivity contribution < 1.29 is 8.42 Å². The minimum Gasteiger partial charge on any atom is -0.345 e. The topological polar surface area (TPSA) is 74.8 Å². The van der Waals surface area contributed by atoms with Gasteiger partial charge in [0, 0.05) is 5.69 Å². The molecule has 23 heavy (non-hydrogen) atoms. The first kappa shape index (κ1) is 15.6. The number of nitrogens with one attached hydrogen (secondary N) is 2. The van der Waals surface area contributed by atoms with Gasteiger partial charge in [0.2, 0.25) is 0 Å². The molecule has 0 saturated heterocycles. The maximum Gasteiger partial charge on any atom is 0.261 e. The van der Waals surface area contributed by atoms with Crippen molar-refractivity contribution in [3.8, 4) is 0 Å². The number of benzene rings is 2. The van der Waals surface area contributed by atoms with Gasteiger partial charge in [0.05, 0.1) is 22.3 Å². The van der Waals surface area contributed by atoms with Gasteiger partial charge in [-0.15, -0.1) is 0 Å². The molecule has 5 nitrogen and oxygen atoms in total. The lowest BCUT2D eigenvalue weighted by molar-refractivity contribution is 0.590. The molecular formula is C17H19N3O2S. The Bertz CT molecular complexity index is 936. The molecule has 0 amide bonds. The van der Waals surface area contributed by atoms with Crippen molar-refractivity contribution in [2.45, 2.75) is 31.1 Å². The van der Waals surface area contributed by atoms with E-state index in [4.69, 9.17) is 0 Å². The third-order valence-electron chi connectivity index (χ3n) is 3.71. The summed E-state index contributed by atoms with van der Waals surface area (Å²) in [5, 5.41) is 0. The van der Waals surface area contributed by atoms with Crippen LogP contribution in [0, 0.1) is 0 Å². The third-order valence-corrected chi connectivity index (χ3v) is 5.08. The number of fused-ring (bicyclic) bond motifs is 1. The number of rotatable bonds is 3. The summed E-state index contributed by atoms with van der Waals surface area (Å²) in [4.78, 5) is 7.21. The summed E-state index contributed by atoms with van der Waals surface area (Å²) >= 11 is 0. The quantitative estimate of drug-likeness (QED) is 0.770. The molecule has 0 aliphatic carbocycles. The van der Waals surface area contributed by atoms with Crippen molar-refractivity contribution in [3.05, 3.63) is 54.4 Å². The van der Waals surface area contributed by atoms with Crippen molar-refractivity contribution in [2.24, 2.45) is 0 Å². The fraction of sp³-hybridized carbons (Fsp3) is 0.235. The summed E-state index contributed by atoms with van der Waals surface area (Å²) in [7, 11) is -3.63. The Kier molecular flexibility index (Phi) is 3.64. The molecule has 0 bridgehead atoms. The lowest BCUT2D eigenvalue weighted by Gasteiger charge is -2.19. The van der Waals surface area contributed by atoms with Crippen LogP contribution < -0.4 is 4.72 Å². The van der Waals surface area contributed by atoms with Gasteiger partial charge in [-0.1, -0.05) is 32.9 Å². The van der Waals surface area contributed by atoms with E-state index in [2.05, 4.69) is 35.5 Å². The lowest BCUT2D eigenvalue weighted by atomic mass is 9.87. The Hall–Kier alpha value is -2.34. The highest BCUT2D eigenvalue weighted by atomic mass is 32.2.